The van der Waals surface area contributed by atoms with E-state index in [1.807, 2.05) is 0 Å². The van der Waals surface area contributed by atoms with Crippen LogP contribution in [0, 0.1) is 0 Å². The van der Waals surface area contributed by atoms with Crippen molar-refractivity contribution in [3.05, 3.63) is 82.0 Å². The molecule has 0 radical (unpaired) electrons. The van der Waals surface area contributed by atoms with Crippen molar-refractivity contribution in [2.45, 2.75) is 6.54 Å². The Balaban J connectivity index is 1.69. The highest BCUT2D eigenvalue weighted by atomic mass is 35.5. The highest BCUT2D eigenvalue weighted by molar-refractivity contribution is 6.36. The van der Waals surface area contributed by atoms with Crippen LogP contribution in [0.25, 0.3) is 0 Å². The first-order chi connectivity index (χ1) is 12.5. The maximum absolute atomic E-state index is 12.4. The minimum Gasteiger partial charge on any atom is -0.467 e. The monoisotopic (exact) mass is 389 g/mol. The third-order valence-electron chi connectivity index (χ3n) is 3.40. The lowest BCUT2D eigenvalue weighted by Gasteiger charge is -2.08. The summed E-state index contributed by atoms with van der Waals surface area (Å²) >= 11 is 11.9. The van der Waals surface area contributed by atoms with Gasteiger partial charge in [-0.1, -0.05) is 29.3 Å². The third-order valence-corrected chi connectivity index (χ3v) is 3.94. The Kier molecular flexibility index (Phi) is 5.55. The van der Waals surface area contributed by atoms with Crippen molar-refractivity contribution in [2.24, 2.45) is 0 Å². The molecule has 0 aliphatic rings. The minimum absolute atomic E-state index is 0.0849. The minimum atomic E-state index is -0.491. The number of anilines is 1. The first-order valence-electron chi connectivity index (χ1n) is 7.57. The van der Waals surface area contributed by atoms with E-state index in [-0.39, 0.29) is 17.9 Å². The zero-order chi connectivity index (χ0) is 18.5. The van der Waals surface area contributed by atoms with Gasteiger partial charge < -0.3 is 15.1 Å². The van der Waals surface area contributed by atoms with Crippen molar-refractivity contribution in [3.63, 3.8) is 0 Å². The van der Waals surface area contributed by atoms with E-state index in [1.54, 1.807) is 30.3 Å². The quantitative estimate of drug-likeness (QED) is 0.685. The molecule has 2 N–H and O–H groups in total. The predicted molar refractivity (Wildman–Crippen MR) is 98.5 cm³/mol. The zero-order valence-electron chi connectivity index (χ0n) is 13.3. The summed E-state index contributed by atoms with van der Waals surface area (Å²) in [5, 5.41) is 6.07. The SMILES string of the molecule is O=C(NCc1ccco1)c1cccc(C(=O)Nc2ccc(Cl)cc2Cl)n1. The summed E-state index contributed by atoms with van der Waals surface area (Å²) in [5.74, 6) is -0.292. The summed E-state index contributed by atoms with van der Waals surface area (Å²) in [6.45, 7) is 0.227. The number of carbonyl (C=O) groups excluding carboxylic acids is 2. The van der Waals surface area contributed by atoms with Gasteiger partial charge in [-0.15, -0.1) is 0 Å². The maximum atomic E-state index is 12.4. The Morgan fingerprint density at radius 3 is 2.46 bits per heavy atom. The molecule has 0 aliphatic carbocycles. The Morgan fingerprint density at radius 1 is 1.00 bits per heavy atom. The van der Waals surface area contributed by atoms with Crippen molar-refractivity contribution < 1.29 is 14.0 Å². The summed E-state index contributed by atoms with van der Waals surface area (Å²) in [5.41, 5.74) is 0.601. The second kappa shape index (κ2) is 8.03. The molecule has 2 amide bonds. The number of benzene rings is 1. The molecule has 0 aliphatic heterocycles. The van der Waals surface area contributed by atoms with E-state index in [9.17, 15) is 9.59 Å². The largest absolute Gasteiger partial charge is 0.467 e. The molecule has 0 fully saturated rings. The van der Waals surface area contributed by atoms with Crippen LogP contribution in [-0.4, -0.2) is 16.8 Å². The topological polar surface area (TPSA) is 84.2 Å². The molecule has 3 aromatic rings. The van der Waals surface area contributed by atoms with Gasteiger partial charge in [0.1, 0.15) is 17.1 Å². The van der Waals surface area contributed by atoms with Gasteiger partial charge in [0.15, 0.2) is 0 Å². The average Bonchev–Trinajstić information content (AvgIpc) is 3.15. The number of furan rings is 1. The highest BCUT2D eigenvalue weighted by Crippen LogP contribution is 2.25. The molecule has 132 valence electrons. The number of rotatable bonds is 5. The Morgan fingerprint density at radius 2 is 1.77 bits per heavy atom. The normalized spacial score (nSPS) is 10.4. The first-order valence-corrected chi connectivity index (χ1v) is 8.32. The standard InChI is InChI=1S/C18H13Cl2N3O3/c19-11-6-7-14(13(20)9-11)23-18(25)16-5-1-4-15(22-16)17(24)21-10-12-3-2-8-26-12/h1-9H,10H2,(H,21,24)(H,23,25). The van der Waals surface area contributed by atoms with Crippen LogP contribution in [-0.2, 0) is 6.54 Å². The number of amides is 2. The number of halogens is 2. The fraction of sp³-hybridized carbons (Fsp3) is 0.0556. The number of pyridine rings is 1. The van der Waals surface area contributed by atoms with E-state index in [1.165, 1.54) is 24.5 Å². The van der Waals surface area contributed by atoms with Crippen molar-refractivity contribution in [1.82, 2.24) is 10.3 Å². The number of hydrogen-bond donors (Lipinski definition) is 2. The molecular formula is C18H13Cl2N3O3. The van der Waals surface area contributed by atoms with E-state index in [2.05, 4.69) is 15.6 Å². The number of carbonyl (C=O) groups is 2. The van der Waals surface area contributed by atoms with Crippen LogP contribution in [0.15, 0.2) is 59.2 Å². The average molecular weight is 390 g/mol. The second-order valence-electron chi connectivity index (χ2n) is 5.25. The molecule has 0 unspecified atom stereocenters. The molecule has 1 aromatic carbocycles. The maximum Gasteiger partial charge on any atom is 0.274 e. The van der Waals surface area contributed by atoms with Crippen LogP contribution in [0.3, 0.4) is 0 Å². The lowest BCUT2D eigenvalue weighted by Crippen LogP contribution is -2.25. The molecular weight excluding hydrogens is 377 g/mol. The summed E-state index contributed by atoms with van der Waals surface area (Å²) in [6.07, 6.45) is 1.52. The van der Waals surface area contributed by atoms with E-state index in [4.69, 9.17) is 27.6 Å². The molecule has 3 rings (SSSR count). The van der Waals surface area contributed by atoms with Crippen molar-refractivity contribution >= 4 is 40.7 Å². The molecule has 0 saturated carbocycles. The zero-order valence-corrected chi connectivity index (χ0v) is 14.8. The molecule has 0 atom stereocenters. The van der Waals surface area contributed by atoms with Crippen LogP contribution in [0.4, 0.5) is 5.69 Å². The van der Waals surface area contributed by atoms with Crippen LogP contribution in [0.5, 0.6) is 0 Å². The van der Waals surface area contributed by atoms with Gasteiger partial charge in [0.2, 0.25) is 0 Å². The highest BCUT2D eigenvalue weighted by Gasteiger charge is 2.14. The molecule has 8 heteroatoms. The number of nitrogens with one attached hydrogen (secondary N) is 2. The van der Waals surface area contributed by atoms with Gasteiger partial charge in [0.05, 0.1) is 23.5 Å². The van der Waals surface area contributed by atoms with E-state index >= 15 is 0 Å². The lowest BCUT2D eigenvalue weighted by atomic mass is 10.2. The summed E-state index contributed by atoms with van der Waals surface area (Å²) < 4.78 is 5.15. The Hall–Kier alpha value is -2.83. The van der Waals surface area contributed by atoms with Gasteiger partial charge in [-0.05, 0) is 42.5 Å². The van der Waals surface area contributed by atoms with Gasteiger partial charge in [-0.3, -0.25) is 9.59 Å². The molecule has 2 aromatic heterocycles. The van der Waals surface area contributed by atoms with E-state index in [0.717, 1.165) is 0 Å². The fourth-order valence-electron chi connectivity index (χ4n) is 2.14. The van der Waals surface area contributed by atoms with Gasteiger partial charge in [-0.25, -0.2) is 4.98 Å². The molecule has 0 spiro atoms. The van der Waals surface area contributed by atoms with Gasteiger partial charge in [0.25, 0.3) is 11.8 Å². The van der Waals surface area contributed by atoms with Gasteiger partial charge in [-0.2, -0.15) is 0 Å². The van der Waals surface area contributed by atoms with Crippen molar-refractivity contribution in [3.8, 4) is 0 Å². The van der Waals surface area contributed by atoms with Crippen molar-refractivity contribution in [2.75, 3.05) is 5.32 Å². The summed E-state index contributed by atoms with van der Waals surface area (Å²) in [6, 6.07) is 12.8. The Labute approximate surface area is 159 Å². The van der Waals surface area contributed by atoms with Crippen LogP contribution in [0.2, 0.25) is 10.0 Å². The number of nitrogens with zero attached hydrogens (tertiary/aromatic N) is 1. The summed E-state index contributed by atoms with van der Waals surface area (Å²) in [4.78, 5) is 28.6. The van der Waals surface area contributed by atoms with Crippen LogP contribution >= 0.6 is 23.2 Å². The smallest absolute Gasteiger partial charge is 0.274 e. The molecule has 0 saturated heterocycles. The third kappa shape index (κ3) is 4.41. The van der Waals surface area contributed by atoms with Gasteiger partial charge >= 0.3 is 0 Å². The van der Waals surface area contributed by atoms with Crippen LogP contribution < -0.4 is 10.6 Å². The lowest BCUT2D eigenvalue weighted by molar-refractivity contribution is 0.0943. The van der Waals surface area contributed by atoms with Crippen molar-refractivity contribution in [1.29, 1.82) is 0 Å². The molecule has 0 bridgehead atoms. The van der Waals surface area contributed by atoms with E-state index < -0.39 is 11.8 Å². The summed E-state index contributed by atoms with van der Waals surface area (Å²) in [7, 11) is 0. The molecule has 26 heavy (non-hydrogen) atoms. The predicted octanol–water partition coefficient (Wildman–Crippen LogP) is 4.16. The second-order valence-corrected chi connectivity index (χ2v) is 6.09. The first kappa shape index (κ1) is 18.0. The molecule has 6 nitrogen and oxygen atoms in total. The number of aromatic nitrogens is 1. The molecule has 2 heterocycles. The van der Waals surface area contributed by atoms with E-state index in [0.29, 0.717) is 21.5 Å². The fourth-order valence-corrected chi connectivity index (χ4v) is 2.59. The van der Waals surface area contributed by atoms with Crippen LogP contribution in [0.1, 0.15) is 26.7 Å². The Bertz CT molecular complexity index is 943. The number of hydrogen-bond acceptors (Lipinski definition) is 4. The van der Waals surface area contributed by atoms with Gasteiger partial charge in [0, 0.05) is 5.02 Å².